The number of hydrogen-bond donors (Lipinski definition) is 0. The molecule has 1 nitrogen and oxygen atoms in total. The van der Waals surface area contributed by atoms with Crippen LogP contribution in [0.3, 0.4) is 0 Å². The molecule has 0 rings (SSSR count). The van der Waals surface area contributed by atoms with Gasteiger partial charge in [-0.15, -0.1) is 0 Å². The van der Waals surface area contributed by atoms with Gasteiger partial charge < -0.3 is 4.74 Å². The molecule has 0 saturated heterocycles. The fourth-order valence-electron chi connectivity index (χ4n) is 0.827. The Morgan fingerprint density at radius 1 is 0.895 bits per heavy atom. The minimum Gasteiger partial charge on any atom is -0.309 e. The molecule has 0 aliphatic carbocycles. The van der Waals surface area contributed by atoms with E-state index in [4.69, 9.17) is 0 Å². The van der Waals surface area contributed by atoms with Crippen LogP contribution in [0, 0.1) is 0 Å². The second-order valence-electron chi connectivity index (χ2n) is 3.79. The third kappa shape index (κ3) is 5.83. The van der Waals surface area contributed by atoms with Gasteiger partial charge in [-0.25, -0.2) is 13.2 Å². The molecule has 0 fully saturated rings. The normalized spacial score (nSPS) is 16.6. The predicted molar refractivity (Wildman–Crippen MR) is 42.0 cm³/mol. The van der Waals surface area contributed by atoms with E-state index in [1.807, 2.05) is 0 Å². The summed E-state index contributed by atoms with van der Waals surface area (Å²) in [6.07, 6.45) is -18.4. The lowest BCUT2D eigenvalue weighted by Crippen LogP contribution is -2.51. The van der Waals surface area contributed by atoms with Gasteiger partial charge in [0.25, 0.3) is 5.92 Å². The number of rotatable bonds is 6. The van der Waals surface area contributed by atoms with Crippen molar-refractivity contribution in [2.24, 2.45) is 0 Å². The summed E-state index contributed by atoms with van der Waals surface area (Å²) in [7, 11) is 0. The molecule has 0 N–H and O–H groups in total. The summed E-state index contributed by atoms with van der Waals surface area (Å²) in [5.74, 6) is -9.83. The van der Waals surface area contributed by atoms with Crippen molar-refractivity contribution in [3.05, 3.63) is 0 Å². The van der Waals surface area contributed by atoms with Gasteiger partial charge in [-0.1, -0.05) is 0 Å². The molecule has 0 saturated carbocycles. The first-order valence-electron chi connectivity index (χ1n) is 4.57. The van der Waals surface area contributed by atoms with Crippen LogP contribution in [-0.4, -0.2) is 36.9 Å². The molecule has 0 amide bonds. The molecule has 0 aliphatic heterocycles. The van der Waals surface area contributed by atoms with Gasteiger partial charge in [0.15, 0.2) is 6.17 Å². The minimum absolute atomic E-state index is 0.0455. The average molecular weight is 310 g/mol. The van der Waals surface area contributed by atoms with Crippen molar-refractivity contribution in [2.45, 2.75) is 43.6 Å². The zero-order chi connectivity index (χ0) is 15.7. The smallest absolute Gasteiger partial charge is 0.309 e. The van der Waals surface area contributed by atoms with E-state index in [2.05, 4.69) is 4.74 Å². The van der Waals surface area contributed by atoms with E-state index in [0.717, 1.165) is 0 Å². The van der Waals surface area contributed by atoms with Crippen LogP contribution < -0.4 is 0 Å². The molecular weight excluding hydrogens is 302 g/mol. The Morgan fingerprint density at radius 2 is 1.32 bits per heavy atom. The third-order valence-corrected chi connectivity index (χ3v) is 1.70. The maximum absolute atomic E-state index is 12.7. The van der Waals surface area contributed by atoms with E-state index in [0.29, 0.717) is 0 Å². The van der Waals surface area contributed by atoms with Crippen molar-refractivity contribution in [3.8, 4) is 0 Å². The largest absolute Gasteiger partial charge is 0.422 e. The molecule has 1 atom stereocenters. The van der Waals surface area contributed by atoms with Gasteiger partial charge in [-0.3, -0.25) is 0 Å². The Hall–Kier alpha value is -0.740. The van der Waals surface area contributed by atoms with Gasteiger partial charge in [-0.05, 0) is 0 Å². The Kier molecular flexibility index (Phi) is 5.12. The summed E-state index contributed by atoms with van der Waals surface area (Å²) in [4.78, 5) is 0. The number of ether oxygens (including phenoxy) is 1. The molecule has 1 unspecified atom stereocenters. The van der Waals surface area contributed by atoms with Crippen molar-refractivity contribution >= 4 is 0 Å². The second kappa shape index (κ2) is 5.33. The molecule has 0 aliphatic rings. The van der Waals surface area contributed by atoms with Crippen LogP contribution in [0.25, 0.3) is 0 Å². The quantitative estimate of drug-likeness (QED) is 0.669. The lowest BCUT2D eigenvalue weighted by molar-refractivity contribution is -0.375. The van der Waals surface area contributed by atoms with Crippen LogP contribution in [0.1, 0.15) is 13.3 Å². The Labute approximate surface area is 100 Å². The maximum atomic E-state index is 12.7. The highest BCUT2D eigenvalue weighted by Gasteiger charge is 2.65. The first-order chi connectivity index (χ1) is 8.08. The molecule has 0 aromatic heterocycles. The van der Waals surface area contributed by atoms with Gasteiger partial charge in [0.1, 0.15) is 6.61 Å². The lowest BCUT2D eigenvalue weighted by Gasteiger charge is -2.29. The monoisotopic (exact) mass is 310 g/mol. The first kappa shape index (κ1) is 18.3. The Bertz CT molecular complexity index is 291. The zero-order valence-electron chi connectivity index (χ0n) is 9.18. The fourth-order valence-corrected chi connectivity index (χ4v) is 0.827. The van der Waals surface area contributed by atoms with Gasteiger partial charge in [0, 0.05) is 6.92 Å². The van der Waals surface area contributed by atoms with Crippen molar-refractivity contribution in [2.75, 3.05) is 6.61 Å². The number of hydrogen-bond acceptors (Lipinski definition) is 1. The van der Waals surface area contributed by atoms with E-state index in [9.17, 15) is 43.9 Å². The van der Waals surface area contributed by atoms with E-state index < -0.39 is 43.3 Å². The highest BCUT2D eigenvalue weighted by molar-refractivity contribution is 4.87. The van der Waals surface area contributed by atoms with Crippen molar-refractivity contribution in [1.29, 1.82) is 0 Å². The van der Waals surface area contributed by atoms with Crippen LogP contribution in [-0.2, 0) is 4.74 Å². The molecule has 116 valence electrons. The van der Waals surface area contributed by atoms with Gasteiger partial charge >= 0.3 is 18.2 Å². The highest BCUT2D eigenvalue weighted by Crippen LogP contribution is 2.43. The molecule has 0 radical (unpaired) electrons. The molecular formula is C8H8F10O. The predicted octanol–water partition coefficient (Wildman–Crippen LogP) is 4.18. The van der Waals surface area contributed by atoms with Crippen LogP contribution in [0.15, 0.2) is 0 Å². The van der Waals surface area contributed by atoms with E-state index in [1.165, 1.54) is 0 Å². The summed E-state index contributed by atoms with van der Waals surface area (Å²) < 4.78 is 125. The van der Waals surface area contributed by atoms with E-state index in [1.54, 1.807) is 0 Å². The minimum atomic E-state index is -5.90. The summed E-state index contributed by atoms with van der Waals surface area (Å²) in [5.41, 5.74) is 0. The number of halogens is 10. The molecule has 0 aromatic carbocycles. The Balaban J connectivity index is 4.85. The van der Waals surface area contributed by atoms with Gasteiger partial charge in [0.05, 0.1) is 6.42 Å². The molecule has 0 spiro atoms. The second-order valence-corrected chi connectivity index (χ2v) is 3.79. The van der Waals surface area contributed by atoms with Crippen LogP contribution >= 0.6 is 0 Å². The van der Waals surface area contributed by atoms with Crippen molar-refractivity contribution in [3.63, 3.8) is 0 Å². The number of alkyl halides is 10. The van der Waals surface area contributed by atoms with Crippen molar-refractivity contribution in [1.82, 2.24) is 0 Å². The SMILES string of the molecule is CC(F)(F)COC(F)(F)C(F)(F)C(F)CC(F)(F)F. The molecule has 0 aromatic rings. The van der Waals surface area contributed by atoms with E-state index >= 15 is 0 Å². The van der Waals surface area contributed by atoms with Crippen LogP contribution in [0.5, 0.6) is 0 Å². The third-order valence-electron chi connectivity index (χ3n) is 1.70. The topological polar surface area (TPSA) is 9.23 Å². The summed E-state index contributed by atoms with van der Waals surface area (Å²) >= 11 is 0. The summed E-state index contributed by atoms with van der Waals surface area (Å²) in [6, 6.07) is 0. The average Bonchev–Trinajstić information content (AvgIpc) is 2.10. The first-order valence-corrected chi connectivity index (χ1v) is 4.57. The summed E-state index contributed by atoms with van der Waals surface area (Å²) in [6.45, 7) is -2.15. The van der Waals surface area contributed by atoms with E-state index in [-0.39, 0.29) is 6.92 Å². The highest BCUT2D eigenvalue weighted by atomic mass is 19.4. The standard InChI is InChI=1S/C8H8F10O/c1-5(10,11)3-19-8(17,18)7(15,16)4(9)2-6(12,13)14/h4H,2-3H2,1H3. The van der Waals surface area contributed by atoms with Crippen LogP contribution in [0.2, 0.25) is 0 Å². The van der Waals surface area contributed by atoms with Crippen molar-refractivity contribution < 1.29 is 48.6 Å². The molecule has 19 heavy (non-hydrogen) atoms. The van der Waals surface area contributed by atoms with Gasteiger partial charge in [0.2, 0.25) is 0 Å². The summed E-state index contributed by atoms with van der Waals surface area (Å²) in [5, 5.41) is 0. The Morgan fingerprint density at radius 3 is 1.63 bits per heavy atom. The maximum Gasteiger partial charge on any atom is 0.422 e. The fraction of sp³-hybridized carbons (Fsp3) is 1.00. The van der Waals surface area contributed by atoms with Gasteiger partial charge in [-0.2, -0.15) is 30.7 Å². The molecule has 11 heteroatoms. The molecule has 0 heterocycles. The van der Waals surface area contributed by atoms with Crippen LogP contribution in [0.4, 0.5) is 43.9 Å². The zero-order valence-corrected chi connectivity index (χ0v) is 9.18. The lowest BCUT2D eigenvalue weighted by atomic mass is 10.1. The molecule has 0 bridgehead atoms.